The largest absolute Gasteiger partial charge is 0.319 e. The van der Waals surface area contributed by atoms with E-state index in [4.69, 9.17) is 11.6 Å². The summed E-state index contributed by atoms with van der Waals surface area (Å²) < 4.78 is 41.9. The van der Waals surface area contributed by atoms with E-state index in [1.54, 1.807) is 13.0 Å². The van der Waals surface area contributed by atoms with E-state index in [0.717, 1.165) is 11.1 Å². The average molecular weight is 459 g/mol. The fourth-order valence-electron chi connectivity index (χ4n) is 3.57. The lowest BCUT2D eigenvalue weighted by atomic mass is 10.0. The molecule has 0 saturated heterocycles. The molecule has 0 radical (unpaired) electrons. The fraction of sp³-hybridized carbons (Fsp3) is 0.174. The van der Waals surface area contributed by atoms with Crippen LogP contribution < -0.4 is 5.32 Å². The molecule has 160 valence electrons. The van der Waals surface area contributed by atoms with Gasteiger partial charge in [0.05, 0.1) is 21.2 Å². The van der Waals surface area contributed by atoms with E-state index in [-0.39, 0.29) is 27.7 Å². The molecule has 1 N–H and O–H groups in total. The smallest absolute Gasteiger partial charge is 0.257 e. The van der Waals surface area contributed by atoms with Crippen LogP contribution in [0.25, 0.3) is 0 Å². The highest BCUT2D eigenvalue weighted by molar-refractivity contribution is 7.89. The highest BCUT2D eigenvalue weighted by atomic mass is 35.5. The number of hydrogen-bond acceptors (Lipinski definition) is 3. The lowest BCUT2D eigenvalue weighted by molar-refractivity contribution is 0.102. The Hall–Kier alpha value is -2.74. The van der Waals surface area contributed by atoms with E-state index in [9.17, 15) is 17.6 Å². The second-order valence-corrected chi connectivity index (χ2v) is 9.78. The third-order valence-electron chi connectivity index (χ3n) is 5.29. The second kappa shape index (κ2) is 8.42. The first-order chi connectivity index (χ1) is 14.8. The molecule has 0 saturated carbocycles. The number of halogens is 2. The van der Waals surface area contributed by atoms with Crippen molar-refractivity contribution in [2.75, 3.05) is 11.9 Å². The van der Waals surface area contributed by atoms with Crippen LogP contribution in [0.4, 0.5) is 10.1 Å². The quantitative estimate of drug-likeness (QED) is 0.611. The van der Waals surface area contributed by atoms with Gasteiger partial charge in [-0.15, -0.1) is 0 Å². The van der Waals surface area contributed by atoms with Gasteiger partial charge < -0.3 is 5.32 Å². The van der Waals surface area contributed by atoms with Crippen molar-refractivity contribution in [3.63, 3.8) is 0 Å². The standard InChI is InChI=1S/C23H20ClFN2O3S/c1-15-6-9-22(21(25)12-15)26-23(28)19-13-18(7-8-20(19)24)31(29,30)27-11-10-16-4-2-3-5-17(16)14-27/h2-9,12-13H,10-11,14H2,1H3,(H,26,28). The van der Waals surface area contributed by atoms with Crippen molar-refractivity contribution < 1.29 is 17.6 Å². The molecule has 3 aromatic carbocycles. The van der Waals surface area contributed by atoms with Crippen LogP contribution in [0.5, 0.6) is 0 Å². The number of carbonyl (C=O) groups is 1. The zero-order chi connectivity index (χ0) is 22.2. The average Bonchev–Trinajstić information content (AvgIpc) is 2.75. The molecule has 1 heterocycles. The van der Waals surface area contributed by atoms with E-state index in [0.29, 0.717) is 18.5 Å². The van der Waals surface area contributed by atoms with Gasteiger partial charge in [-0.05, 0) is 60.4 Å². The van der Waals surface area contributed by atoms with Crippen molar-refractivity contribution in [3.8, 4) is 0 Å². The summed E-state index contributed by atoms with van der Waals surface area (Å²) in [4.78, 5) is 12.7. The molecule has 0 fully saturated rings. The molecule has 1 aliphatic heterocycles. The Labute approximate surface area is 185 Å². The van der Waals surface area contributed by atoms with Crippen LogP contribution >= 0.6 is 11.6 Å². The minimum Gasteiger partial charge on any atom is -0.319 e. The number of rotatable bonds is 4. The highest BCUT2D eigenvalue weighted by Crippen LogP contribution is 2.28. The Balaban J connectivity index is 1.62. The van der Waals surface area contributed by atoms with E-state index in [2.05, 4.69) is 5.32 Å². The van der Waals surface area contributed by atoms with Gasteiger partial charge in [-0.25, -0.2) is 12.8 Å². The van der Waals surface area contributed by atoms with Crippen LogP contribution in [-0.4, -0.2) is 25.2 Å². The van der Waals surface area contributed by atoms with Gasteiger partial charge in [-0.3, -0.25) is 4.79 Å². The number of nitrogens with zero attached hydrogens (tertiary/aromatic N) is 1. The summed E-state index contributed by atoms with van der Waals surface area (Å²) in [6.45, 7) is 2.34. The first-order valence-electron chi connectivity index (χ1n) is 9.70. The summed E-state index contributed by atoms with van der Waals surface area (Å²) in [6.07, 6.45) is 0.614. The van der Waals surface area contributed by atoms with Crippen LogP contribution in [0.1, 0.15) is 27.0 Å². The molecule has 3 aromatic rings. The maximum Gasteiger partial charge on any atom is 0.257 e. The van der Waals surface area contributed by atoms with Gasteiger partial charge in [0.15, 0.2) is 0 Å². The van der Waals surface area contributed by atoms with Gasteiger partial charge in [0, 0.05) is 13.1 Å². The number of hydrogen-bond donors (Lipinski definition) is 1. The maximum absolute atomic E-state index is 14.1. The summed E-state index contributed by atoms with van der Waals surface area (Å²) in [5.41, 5.74) is 2.75. The third-order valence-corrected chi connectivity index (χ3v) is 7.46. The Bertz CT molecular complexity index is 1280. The number of sulfonamides is 1. The molecule has 8 heteroatoms. The lowest BCUT2D eigenvalue weighted by Crippen LogP contribution is -2.36. The molecule has 0 spiro atoms. The molecule has 5 nitrogen and oxygen atoms in total. The molecule has 0 atom stereocenters. The number of carbonyl (C=O) groups excluding carboxylic acids is 1. The van der Waals surface area contributed by atoms with Crippen molar-refractivity contribution in [3.05, 3.63) is 93.8 Å². The predicted octanol–water partition coefficient (Wildman–Crippen LogP) is 4.79. The zero-order valence-corrected chi connectivity index (χ0v) is 18.3. The van der Waals surface area contributed by atoms with Gasteiger partial charge >= 0.3 is 0 Å². The predicted molar refractivity (Wildman–Crippen MR) is 118 cm³/mol. The monoisotopic (exact) mass is 458 g/mol. The summed E-state index contributed by atoms with van der Waals surface area (Å²) in [7, 11) is -3.84. The number of amides is 1. The zero-order valence-electron chi connectivity index (χ0n) is 16.7. The molecule has 0 bridgehead atoms. The maximum atomic E-state index is 14.1. The van der Waals surface area contributed by atoms with Gasteiger partial charge in [0.1, 0.15) is 5.82 Å². The van der Waals surface area contributed by atoms with Crippen molar-refractivity contribution in [1.29, 1.82) is 0 Å². The van der Waals surface area contributed by atoms with E-state index in [1.807, 2.05) is 24.3 Å². The summed E-state index contributed by atoms with van der Waals surface area (Å²) in [5.74, 6) is -1.27. The Kier molecular flexibility index (Phi) is 5.83. The molecule has 31 heavy (non-hydrogen) atoms. The molecular formula is C23H20ClFN2O3S. The molecule has 4 rings (SSSR count). The molecular weight excluding hydrogens is 439 g/mol. The minimum absolute atomic E-state index is 0.00688. The van der Waals surface area contributed by atoms with E-state index < -0.39 is 21.7 Å². The first kappa shape index (κ1) is 21.5. The number of anilines is 1. The first-order valence-corrected chi connectivity index (χ1v) is 11.5. The van der Waals surface area contributed by atoms with Gasteiger partial charge in [-0.1, -0.05) is 41.9 Å². The van der Waals surface area contributed by atoms with E-state index in [1.165, 1.54) is 34.6 Å². The van der Waals surface area contributed by atoms with Crippen LogP contribution in [-0.2, 0) is 23.0 Å². The van der Waals surface area contributed by atoms with Gasteiger partial charge in [0.25, 0.3) is 5.91 Å². The molecule has 1 aliphatic rings. The summed E-state index contributed by atoms with van der Waals surface area (Å²) >= 11 is 6.16. The molecule has 0 aromatic heterocycles. The van der Waals surface area contributed by atoms with Crippen molar-refractivity contribution in [1.82, 2.24) is 4.31 Å². The highest BCUT2D eigenvalue weighted by Gasteiger charge is 2.29. The Morgan fingerprint density at radius 1 is 1.06 bits per heavy atom. The topological polar surface area (TPSA) is 66.5 Å². The van der Waals surface area contributed by atoms with Crippen molar-refractivity contribution in [2.45, 2.75) is 24.8 Å². The van der Waals surface area contributed by atoms with Gasteiger partial charge in [0.2, 0.25) is 10.0 Å². The lowest BCUT2D eigenvalue weighted by Gasteiger charge is -2.28. The normalized spacial score (nSPS) is 14.2. The summed E-state index contributed by atoms with van der Waals surface area (Å²) in [6, 6.07) is 16.1. The minimum atomic E-state index is -3.84. The Morgan fingerprint density at radius 3 is 2.55 bits per heavy atom. The number of fused-ring (bicyclic) bond motifs is 1. The second-order valence-electron chi connectivity index (χ2n) is 7.44. The van der Waals surface area contributed by atoms with Crippen LogP contribution in [0.15, 0.2) is 65.6 Å². The van der Waals surface area contributed by atoms with Crippen LogP contribution in [0, 0.1) is 12.7 Å². The van der Waals surface area contributed by atoms with Crippen molar-refractivity contribution >= 4 is 33.2 Å². The number of benzene rings is 3. The number of aryl methyl sites for hydroxylation is 1. The Morgan fingerprint density at radius 2 is 1.81 bits per heavy atom. The molecule has 0 aliphatic carbocycles. The SMILES string of the molecule is Cc1ccc(NC(=O)c2cc(S(=O)(=O)N3CCc4ccccc4C3)ccc2Cl)c(F)c1. The van der Waals surface area contributed by atoms with Crippen molar-refractivity contribution in [2.24, 2.45) is 0 Å². The van der Waals surface area contributed by atoms with Crippen LogP contribution in [0.2, 0.25) is 5.02 Å². The fourth-order valence-corrected chi connectivity index (χ4v) is 5.22. The summed E-state index contributed by atoms with van der Waals surface area (Å²) in [5, 5.41) is 2.54. The molecule has 1 amide bonds. The van der Waals surface area contributed by atoms with E-state index >= 15 is 0 Å². The number of nitrogens with one attached hydrogen (secondary N) is 1. The third kappa shape index (κ3) is 4.35. The van der Waals surface area contributed by atoms with Crippen LogP contribution in [0.3, 0.4) is 0 Å². The van der Waals surface area contributed by atoms with Gasteiger partial charge in [-0.2, -0.15) is 4.31 Å². The molecule has 0 unspecified atom stereocenters.